The fraction of sp³-hybridized carbons (Fsp3) is 0.188. The number of benzene rings is 3. The number of nitrogens with one attached hydrogen (secondary N) is 4. The minimum Gasteiger partial charge on any atom is -0.397 e. The van der Waals surface area contributed by atoms with Gasteiger partial charge in [-0.2, -0.15) is 0 Å². The predicted octanol–water partition coefficient (Wildman–Crippen LogP) is 4.12. The number of hydrogen-bond donors (Lipinski definition) is 5. The first kappa shape index (κ1) is 28.2. The molecule has 10 nitrogen and oxygen atoms in total. The molecule has 10 heteroatoms. The Morgan fingerprint density at radius 3 is 2.07 bits per heavy atom. The number of rotatable bonds is 9. The summed E-state index contributed by atoms with van der Waals surface area (Å²) in [6, 6.07) is 29.3. The summed E-state index contributed by atoms with van der Waals surface area (Å²) in [7, 11) is 0. The normalized spacial score (nSPS) is 14.0. The number of anilines is 5. The Morgan fingerprint density at radius 1 is 0.786 bits per heavy atom. The van der Waals surface area contributed by atoms with Gasteiger partial charge in [0.2, 0.25) is 11.8 Å². The second-order valence-electron chi connectivity index (χ2n) is 10.1. The minimum atomic E-state index is -0.916. The SMILES string of the molecule is Nc1ccccc1NC(=O)c1ccc(N2CCC(Nc3ccccc3)(C(=O)NCC(=O)Nc3ccccc3)CC2)nc1. The molecule has 3 amide bonds. The number of para-hydroxylation sites is 4. The van der Waals surface area contributed by atoms with Crippen LogP contribution in [0.4, 0.5) is 28.6 Å². The summed E-state index contributed by atoms with van der Waals surface area (Å²) in [4.78, 5) is 45.4. The van der Waals surface area contributed by atoms with Crippen LogP contribution in [0.2, 0.25) is 0 Å². The number of amides is 3. The molecule has 2 heterocycles. The van der Waals surface area contributed by atoms with Crippen molar-refractivity contribution in [3.05, 3.63) is 109 Å². The van der Waals surface area contributed by atoms with Crippen LogP contribution in [0.25, 0.3) is 0 Å². The highest BCUT2D eigenvalue weighted by atomic mass is 16.2. The molecule has 1 aliphatic rings. The maximum atomic E-state index is 13.6. The van der Waals surface area contributed by atoms with Crippen LogP contribution in [-0.2, 0) is 9.59 Å². The minimum absolute atomic E-state index is 0.143. The molecule has 0 spiro atoms. The topological polar surface area (TPSA) is 141 Å². The highest BCUT2D eigenvalue weighted by Crippen LogP contribution is 2.30. The molecule has 42 heavy (non-hydrogen) atoms. The zero-order chi connectivity index (χ0) is 29.4. The second-order valence-corrected chi connectivity index (χ2v) is 10.1. The van der Waals surface area contributed by atoms with Gasteiger partial charge >= 0.3 is 0 Å². The van der Waals surface area contributed by atoms with E-state index in [2.05, 4.69) is 31.2 Å². The van der Waals surface area contributed by atoms with Gasteiger partial charge in [-0.1, -0.05) is 48.5 Å². The summed E-state index contributed by atoms with van der Waals surface area (Å²) in [5.41, 5.74) is 7.94. The van der Waals surface area contributed by atoms with Gasteiger partial charge in [0.1, 0.15) is 11.4 Å². The number of nitrogen functional groups attached to an aromatic ring is 1. The highest BCUT2D eigenvalue weighted by Gasteiger charge is 2.42. The molecular weight excluding hydrogens is 530 g/mol. The van der Waals surface area contributed by atoms with Gasteiger partial charge in [0.05, 0.1) is 23.5 Å². The number of nitrogens with two attached hydrogens (primary N) is 1. The average molecular weight is 564 g/mol. The molecule has 0 aliphatic carbocycles. The van der Waals surface area contributed by atoms with Crippen molar-refractivity contribution in [1.29, 1.82) is 0 Å². The quantitative estimate of drug-likeness (QED) is 0.193. The monoisotopic (exact) mass is 563 g/mol. The van der Waals surface area contributed by atoms with Crippen LogP contribution in [-0.4, -0.2) is 47.9 Å². The lowest BCUT2D eigenvalue weighted by molar-refractivity contribution is -0.128. The molecule has 1 fully saturated rings. The Balaban J connectivity index is 1.23. The lowest BCUT2D eigenvalue weighted by Gasteiger charge is -2.42. The fourth-order valence-electron chi connectivity index (χ4n) is 4.89. The van der Waals surface area contributed by atoms with E-state index in [0.717, 1.165) is 5.69 Å². The summed E-state index contributed by atoms with van der Waals surface area (Å²) in [5.74, 6) is -0.133. The molecule has 1 aromatic heterocycles. The van der Waals surface area contributed by atoms with Crippen molar-refractivity contribution in [2.24, 2.45) is 0 Å². The van der Waals surface area contributed by atoms with Gasteiger partial charge in [-0.15, -0.1) is 0 Å². The van der Waals surface area contributed by atoms with Gasteiger partial charge in [0, 0.05) is 30.7 Å². The third kappa shape index (κ3) is 6.84. The van der Waals surface area contributed by atoms with Crippen molar-refractivity contribution in [2.45, 2.75) is 18.4 Å². The van der Waals surface area contributed by atoms with Crippen LogP contribution in [0.3, 0.4) is 0 Å². The fourth-order valence-corrected chi connectivity index (χ4v) is 4.89. The molecule has 5 rings (SSSR count). The first-order valence-corrected chi connectivity index (χ1v) is 13.8. The molecule has 6 N–H and O–H groups in total. The second kappa shape index (κ2) is 12.9. The number of pyridine rings is 1. The lowest BCUT2D eigenvalue weighted by Crippen LogP contribution is -2.59. The van der Waals surface area contributed by atoms with Crippen molar-refractivity contribution >= 4 is 46.3 Å². The number of carbonyl (C=O) groups excluding carboxylic acids is 3. The first-order valence-electron chi connectivity index (χ1n) is 13.8. The van der Waals surface area contributed by atoms with Gasteiger partial charge in [0.15, 0.2) is 0 Å². The lowest BCUT2D eigenvalue weighted by atomic mass is 9.85. The molecule has 3 aromatic carbocycles. The molecule has 214 valence electrons. The molecular formula is C32H33N7O3. The summed E-state index contributed by atoms with van der Waals surface area (Å²) in [6.07, 6.45) is 2.49. The molecule has 0 unspecified atom stereocenters. The molecule has 0 bridgehead atoms. The van der Waals surface area contributed by atoms with Crippen LogP contribution in [0, 0.1) is 0 Å². The number of hydrogen-bond acceptors (Lipinski definition) is 7. The summed E-state index contributed by atoms with van der Waals surface area (Å²) in [6.45, 7) is 0.945. The summed E-state index contributed by atoms with van der Waals surface area (Å²) >= 11 is 0. The molecule has 1 saturated heterocycles. The van der Waals surface area contributed by atoms with E-state index < -0.39 is 5.54 Å². The Hall–Kier alpha value is -5.38. The highest BCUT2D eigenvalue weighted by molar-refractivity contribution is 6.05. The van der Waals surface area contributed by atoms with Crippen molar-refractivity contribution in [3.63, 3.8) is 0 Å². The predicted molar refractivity (Wildman–Crippen MR) is 165 cm³/mol. The maximum Gasteiger partial charge on any atom is 0.257 e. The number of piperidine rings is 1. The maximum absolute atomic E-state index is 13.6. The van der Waals surface area contributed by atoms with Crippen LogP contribution < -0.4 is 31.9 Å². The summed E-state index contributed by atoms with van der Waals surface area (Å²) in [5, 5.41) is 11.9. The number of carbonyl (C=O) groups is 3. The molecule has 0 radical (unpaired) electrons. The van der Waals surface area contributed by atoms with Crippen LogP contribution in [0.1, 0.15) is 23.2 Å². The number of aromatic nitrogens is 1. The largest absolute Gasteiger partial charge is 0.397 e. The van der Waals surface area contributed by atoms with E-state index in [0.29, 0.717) is 54.4 Å². The van der Waals surface area contributed by atoms with Crippen LogP contribution in [0.15, 0.2) is 103 Å². The summed E-state index contributed by atoms with van der Waals surface area (Å²) < 4.78 is 0. The smallest absolute Gasteiger partial charge is 0.257 e. The van der Waals surface area contributed by atoms with E-state index in [4.69, 9.17) is 5.73 Å². The number of nitrogens with zero attached hydrogens (tertiary/aromatic N) is 2. The van der Waals surface area contributed by atoms with Crippen LogP contribution in [0.5, 0.6) is 0 Å². The van der Waals surface area contributed by atoms with E-state index in [9.17, 15) is 14.4 Å². The van der Waals surface area contributed by atoms with E-state index >= 15 is 0 Å². The van der Waals surface area contributed by atoms with E-state index in [1.165, 1.54) is 6.20 Å². The Kier molecular flexibility index (Phi) is 8.62. The standard InChI is InChI=1S/C32H33N7O3/c33-26-13-7-8-14-27(26)37-30(41)23-15-16-28(34-21-23)39-19-17-32(18-20-39,38-25-11-5-2-6-12-25)31(42)35-22-29(40)36-24-9-3-1-4-10-24/h1-16,21,38H,17-20,22,33H2,(H,35,42)(H,36,40)(H,37,41). The van der Waals surface area contributed by atoms with Gasteiger partial charge in [-0.25, -0.2) is 4.98 Å². The van der Waals surface area contributed by atoms with Gasteiger partial charge < -0.3 is 31.9 Å². The third-order valence-electron chi connectivity index (χ3n) is 7.22. The van der Waals surface area contributed by atoms with Crippen molar-refractivity contribution in [3.8, 4) is 0 Å². The Labute approximate surface area is 244 Å². The molecule has 0 atom stereocenters. The molecule has 1 aliphatic heterocycles. The Bertz CT molecular complexity index is 1520. The van der Waals surface area contributed by atoms with E-state index in [1.807, 2.05) is 48.5 Å². The third-order valence-corrected chi connectivity index (χ3v) is 7.22. The zero-order valence-corrected chi connectivity index (χ0v) is 23.0. The van der Waals surface area contributed by atoms with E-state index in [-0.39, 0.29) is 24.3 Å². The first-order chi connectivity index (χ1) is 20.4. The zero-order valence-electron chi connectivity index (χ0n) is 23.0. The van der Waals surface area contributed by atoms with Crippen molar-refractivity contribution in [2.75, 3.05) is 46.2 Å². The molecule has 4 aromatic rings. The van der Waals surface area contributed by atoms with Crippen LogP contribution >= 0.6 is 0 Å². The molecule has 0 saturated carbocycles. The van der Waals surface area contributed by atoms with Gasteiger partial charge in [-0.05, 0) is 61.4 Å². The average Bonchev–Trinajstić information content (AvgIpc) is 3.02. The van der Waals surface area contributed by atoms with E-state index in [1.54, 1.807) is 48.5 Å². The van der Waals surface area contributed by atoms with Gasteiger partial charge in [0.25, 0.3) is 5.91 Å². The van der Waals surface area contributed by atoms with Crippen molar-refractivity contribution in [1.82, 2.24) is 10.3 Å². The van der Waals surface area contributed by atoms with Crippen molar-refractivity contribution < 1.29 is 14.4 Å². The van der Waals surface area contributed by atoms with Gasteiger partial charge in [-0.3, -0.25) is 14.4 Å². The Morgan fingerprint density at radius 2 is 1.43 bits per heavy atom.